The van der Waals surface area contributed by atoms with Gasteiger partial charge in [0.2, 0.25) is 5.91 Å². The van der Waals surface area contributed by atoms with Crippen LogP contribution < -0.4 is 0 Å². The summed E-state index contributed by atoms with van der Waals surface area (Å²) in [5.41, 5.74) is -0.543. The van der Waals surface area contributed by atoms with Crippen molar-refractivity contribution in [3.63, 3.8) is 0 Å². The van der Waals surface area contributed by atoms with Crippen LogP contribution in [0, 0.1) is 5.92 Å². The number of nitrogens with zero attached hydrogens (tertiary/aromatic N) is 1. The molecule has 0 aliphatic carbocycles. The Kier molecular flexibility index (Phi) is 3.94. The van der Waals surface area contributed by atoms with E-state index in [2.05, 4.69) is 6.92 Å². The van der Waals surface area contributed by atoms with Crippen LogP contribution in [0.5, 0.6) is 0 Å². The van der Waals surface area contributed by atoms with Gasteiger partial charge in [-0.3, -0.25) is 4.79 Å². The van der Waals surface area contributed by atoms with Gasteiger partial charge in [-0.1, -0.05) is 13.3 Å². The minimum atomic E-state index is -0.543. The van der Waals surface area contributed by atoms with Crippen molar-refractivity contribution in [3.8, 4) is 0 Å². The lowest BCUT2D eigenvalue weighted by molar-refractivity contribution is -0.134. The highest BCUT2D eigenvalue weighted by atomic mass is 16.6. The Hall–Kier alpha value is -1.06. The lowest BCUT2D eigenvalue weighted by atomic mass is 9.94. The highest BCUT2D eigenvalue weighted by Gasteiger charge is 2.32. The first-order valence-electron chi connectivity index (χ1n) is 5.87. The van der Waals surface area contributed by atoms with Crippen molar-refractivity contribution < 1.29 is 14.3 Å². The zero-order valence-electron chi connectivity index (χ0n) is 10.6. The summed E-state index contributed by atoms with van der Waals surface area (Å²) >= 11 is 0. The number of carbonyl (C=O) groups excluding carboxylic acids is 2. The van der Waals surface area contributed by atoms with Crippen molar-refractivity contribution >= 4 is 12.0 Å². The Morgan fingerprint density at radius 3 is 2.56 bits per heavy atom. The van der Waals surface area contributed by atoms with Crippen molar-refractivity contribution in [2.24, 2.45) is 5.92 Å². The maximum Gasteiger partial charge on any atom is 0.417 e. The normalized spacial score (nSPS) is 22.1. The smallest absolute Gasteiger partial charge is 0.417 e. The number of likely N-dealkylation sites (tertiary alicyclic amines) is 1. The van der Waals surface area contributed by atoms with E-state index in [9.17, 15) is 9.59 Å². The molecule has 1 heterocycles. The van der Waals surface area contributed by atoms with Gasteiger partial charge in [0.15, 0.2) is 0 Å². The quantitative estimate of drug-likeness (QED) is 0.691. The van der Waals surface area contributed by atoms with E-state index in [4.69, 9.17) is 4.74 Å². The van der Waals surface area contributed by atoms with Crippen LogP contribution in [0.2, 0.25) is 0 Å². The minimum absolute atomic E-state index is 0.104. The molecule has 1 saturated heterocycles. The Morgan fingerprint density at radius 2 is 2.12 bits per heavy atom. The molecule has 1 unspecified atom stereocenters. The van der Waals surface area contributed by atoms with Crippen molar-refractivity contribution in [2.75, 3.05) is 6.54 Å². The molecule has 4 nitrogen and oxygen atoms in total. The number of hydrogen-bond acceptors (Lipinski definition) is 3. The van der Waals surface area contributed by atoms with Gasteiger partial charge in [0.05, 0.1) is 0 Å². The molecule has 16 heavy (non-hydrogen) atoms. The molecule has 1 aliphatic heterocycles. The van der Waals surface area contributed by atoms with Gasteiger partial charge in [0, 0.05) is 13.0 Å². The fourth-order valence-electron chi connectivity index (χ4n) is 1.75. The molecule has 1 rings (SSSR count). The van der Waals surface area contributed by atoms with Crippen LogP contribution >= 0.6 is 0 Å². The maximum absolute atomic E-state index is 11.7. The van der Waals surface area contributed by atoms with Crippen molar-refractivity contribution in [3.05, 3.63) is 0 Å². The second kappa shape index (κ2) is 4.85. The number of rotatable bonds is 1. The SMILES string of the molecule is CCC1CCN(C(=O)OC(C)(C)C)C(=O)C1. The molecule has 0 N–H and O–H groups in total. The second-order valence-electron chi connectivity index (χ2n) is 5.29. The van der Waals surface area contributed by atoms with Gasteiger partial charge in [0.1, 0.15) is 5.60 Å². The van der Waals surface area contributed by atoms with Crippen LogP contribution in [-0.4, -0.2) is 29.0 Å². The van der Waals surface area contributed by atoms with Gasteiger partial charge in [-0.05, 0) is 33.1 Å². The number of hydrogen-bond donors (Lipinski definition) is 0. The summed E-state index contributed by atoms with van der Waals surface area (Å²) in [7, 11) is 0. The van der Waals surface area contributed by atoms with E-state index in [-0.39, 0.29) is 5.91 Å². The van der Waals surface area contributed by atoms with Crippen LogP contribution in [0.4, 0.5) is 4.79 Å². The van der Waals surface area contributed by atoms with Gasteiger partial charge < -0.3 is 4.74 Å². The maximum atomic E-state index is 11.7. The predicted molar refractivity (Wildman–Crippen MR) is 61.0 cm³/mol. The standard InChI is InChI=1S/C12H21NO3/c1-5-9-6-7-13(10(14)8-9)11(15)16-12(2,3)4/h9H,5-8H2,1-4H3. The highest BCUT2D eigenvalue weighted by molar-refractivity contribution is 5.92. The number of amides is 2. The van der Waals surface area contributed by atoms with E-state index in [0.29, 0.717) is 18.9 Å². The number of ether oxygens (including phenoxy) is 1. The molecular weight excluding hydrogens is 206 g/mol. The van der Waals surface area contributed by atoms with Crippen molar-refractivity contribution in [2.45, 2.75) is 52.6 Å². The largest absolute Gasteiger partial charge is 0.443 e. The van der Waals surface area contributed by atoms with E-state index in [0.717, 1.165) is 12.8 Å². The third kappa shape index (κ3) is 3.51. The van der Waals surface area contributed by atoms with E-state index in [1.165, 1.54) is 4.90 Å². The summed E-state index contributed by atoms with van der Waals surface area (Å²) in [6.45, 7) is 7.96. The Labute approximate surface area is 96.9 Å². The fraction of sp³-hybridized carbons (Fsp3) is 0.833. The Morgan fingerprint density at radius 1 is 1.50 bits per heavy atom. The van der Waals surface area contributed by atoms with E-state index < -0.39 is 11.7 Å². The molecule has 2 amide bonds. The molecule has 1 atom stereocenters. The second-order valence-corrected chi connectivity index (χ2v) is 5.29. The molecule has 92 valence electrons. The average molecular weight is 227 g/mol. The van der Waals surface area contributed by atoms with E-state index >= 15 is 0 Å². The van der Waals surface area contributed by atoms with Crippen LogP contribution in [0.1, 0.15) is 47.0 Å². The first kappa shape index (κ1) is 13.0. The van der Waals surface area contributed by atoms with Gasteiger partial charge in [-0.15, -0.1) is 0 Å². The monoisotopic (exact) mass is 227 g/mol. The third-order valence-electron chi connectivity index (χ3n) is 2.72. The van der Waals surface area contributed by atoms with Crippen molar-refractivity contribution in [1.29, 1.82) is 0 Å². The first-order chi connectivity index (χ1) is 7.33. The summed E-state index contributed by atoms with van der Waals surface area (Å²) in [5.74, 6) is 0.318. The number of piperidine rings is 1. The van der Waals surface area contributed by atoms with Gasteiger partial charge in [0.25, 0.3) is 0 Å². The zero-order chi connectivity index (χ0) is 12.3. The molecule has 1 fully saturated rings. The van der Waals surface area contributed by atoms with Crippen molar-refractivity contribution in [1.82, 2.24) is 4.90 Å². The lowest BCUT2D eigenvalue weighted by Gasteiger charge is -2.31. The fourth-order valence-corrected chi connectivity index (χ4v) is 1.75. The van der Waals surface area contributed by atoms with Crippen LogP contribution in [0.15, 0.2) is 0 Å². The van der Waals surface area contributed by atoms with Crippen LogP contribution in [0.25, 0.3) is 0 Å². The number of carbonyl (C=O) groups is 2. The number of imide groups is 1. The molecule has 0 saturated carbocycles. The molecule has 4 heteroatoms. The summed E-state index contributed by atoms with van der Waals surface area (Å²) in [5, 5.41) is 0. The van der Waals surface area contributed by atoms with Gasteiger partial charge in [-0.25, -0.2) is 9.69 Å². The molecular formula is C12H21NO3. The van der Waals surface area contributed by atoms with Crippen LogP contribution in [0.3, 0.4) is 0 Å². The van der Waals surface area contributed by atoms with Crippen LogP contribution in [-0.2, 0) is 9.53 Å². The summed E-state index contributed by atoms with van der Waals surface area (Å²) in [4.78, 5) is 24.7. The highest BCUT2D eigenvalue weighted by Crippen LogP contribution is 2.22. The molecule has 0 radical (unpaired) electrons. The molecule has 0 bridgehead atoms. The average Bonchev–Trinajstić information content (AvgIpc) is 2.14. The van der Waals surface area contributed by atoms with E-state index in [1.54, 1.807) is 20.8 Å². The minimum Gasteiger partial charge on any atom is -0.443 e. The Balaban J connectivity index is 2.56. The molecule has 0 aromatic rings. The third-order valence-corrected chi connectivity index (χ3v) is 2.72. The van der Waals surface area contributed by atoms with E-state index in [1.807, 2.05) is 0 Å². The van der Waals surface area contributed by atoms with Gasteiger partial charge in [-0.2, -0.15) is 0 Å². The first-order valence-corrected chi connectivity index (χ1v) is 5.87. The topological polar surface area (TPSA) is 46.6 Å². The summed E-state index contributed by atoms with van der Waals surface area (Å²) < 4.78 is 5.18. The molecule has 1 aliphatic rings. The Bertz CT molecular complexity index is 280. The zero-order valence-corrected chi connectivity index (χ0v) is 10.6. The molecule has 0 aromatic carbocycles. The molecule has 0 spiro atoms. The van der Waals surface area contributed by atoms with Gasteiger partial charge >= 0.3 is 6.09 Å². The molecule has 0 aromatic heterocycles. The summed E-state index contributed by atoms with van der Waals surface area (Å²) in [6.07, 6.45) is 1.84. The summed E-state index contributed by atoms with van der Waals surface area (Å²) in [6, 6.07) is 0. The lowest BCUT2D eigenvalue weighted by Crippen LogP contribution is -2.45. The predicted octanol–water partition coefficient (Wildman–Crippen LogP) is 2.57.